The molecule has 0 fully saturated rings. The van der Waals surface area contributed by atoms with Crippen molar-refractivity contribution in [2.24, 2.45) is 4.99 Å². The summed E-state index contributed by atoms with van der Waals surface area (Å²) in [4.78, 5) is 6.80. The van der Waals surface area contributed by atoms with Gasteiger partial charge in [0.15, 0.2) is 4.80 Å². The van der Waals surface area contributed by atoms with E-state index >= 15 is 0 Å². The topological polar surface area (TPSA) is 37.5 Å². The van der Waals surface area contributed by atoms with Gasteiger partial charge in [-0.25, -0.2) is 4.99 Å². The summed E-state index contributed by atoms with van der Waals surface area (Å²) in [6.45, 7) is 6.66. The average molecular weight is 403 g/mol. The van der Waals surface area contributed by atoms with Crippen LogP contribution in [0.1, 0.15) is 4.88 Å². The van der Waals surface area contributed by atoms with Crippen LogP contribution in [0.15, 0.2) is 72.2 Å². The largest absolute Gasteiger partial charge is 0.508 e. The number of hydrogen-bond acceptors (Lipinski definition) is 3. The van der Waals surface area contributed by atoms with Crippen molar-refractivity contribution in [2.75, 3.05) is 0 Å². The Balaban J connectivity index is 0.00000208. The van der Waals surface area contributed by atoms with Crippen LogP contribution in [-0.4, -0.2) is 9.67 Å². The molecule has 0 amide bonds. The molecule has 0 aliphatic heterocycles. The summed E-state index contributed by atoms with van der Waals surface area (Å²) in [6.07, 6.45) is 1.88. The first-order valence-corrected chi connectivity index (χ1v) is 8.21. The lowest BCUT2D eigenvalue weighted by Crippen LogP contribution is -2.14. The number of phenols is 1. The molecule has 3 rings (SSSR count). The second kappa shape index (κ2) is 8.13. The maximum absolute atomic E-state index is 9.62. The van der Waals surface area contributed by atoms with E-state index in [-0.39, 0.29) is 22.7 Å². The lowest BCUT2D eigenvalue weighted by Gasteiger charge is -2.07. The second-order valence-corrected chi connectivity index (χ2v) is 6.37. The van der Waals surface area contributed by atoms with Gasteiger partial charge in [0, 0.05) is 17.5 Å². The standard InChI is InChI=1S/C19H18N2OS.BrH/c1-3-12-21-18(15-8-5-4-6-9-15)14(2)23-19(21)20-16-10-7-11-17(22)13-16;/h3-11,13,22H,1,12H2,2H3;1H. The Labute approximate surface area is 156 Å². The third kappa shape index (κ3) is 3.86. The van der Waals surface area contributed by atoms with Gasteiger partial charge in [-0.15, -0.1) is 34.9 Å². The minimum atomic E-state index is 0. The van der Waals surface area contributed by atoms with Gasteiger partial charge in [0.05, 0.1) is 11.4 Å². The van der Waals surface area contributed by atoms with Crippen LogP contribution < -0.4 is 4.80 Å². The van der Waals surface area contributed by atoms with Gasteiger partial charge in [0.1, 0.15) is 5.75 Å². The van der Waals surface area contributed by atoms with E-state index in [0.717, 1.165) is 16.2 Å². The van der Waals surface area contributed by atoms with Gasteiger partial charge < -0.3 is 9.67 Å². The maximum Gasteiger partial charge on any atom is 0.190 e. The third-order valence-electron chi connectivity index (χ3n) is 3.49. The van der Waals surface area contributed by atoms with E-state index in [1.54, 1.807) is 29.5 Å². The molecular formula is C19H19BrN2OS. The molecule has 0 saturated heterocycles. The minimum absolute atomic E-state index is 0. The molecule has 124 valence electrons. The number of phenolic OH excluding ortho intramolecular Hbond substituents is 1. The van der Waals surface area contributed by atoms with E-state index in [2.05, 4.69) is 30.2 Å². The van der Waals surface area contributed by atoms with Crippen LogP contribution in [-0.2, 0) is 6.54 Å². The number of aromatic hydroxyl groups is 1. The molecule has 0 unspecified atom stereocenters. The number of thiazole rings is 1. The van der Waals surface area contributed by atoms with Crippen LogP contribution in [0.4, 0.5) is 5.69 Å². The predicted molar refractivity (Wildman–Crippen MR) is 106 cm³/mol. The fourth-order valence-corrected chi connectivity index (χ4v) is 3.56. The molecule has 1 aromatic heterocycles. The van der Waals surface area contributed by atoms with Gasteiger partial charge in [-0.1, -0.05) is 42.5 Å². The normalized spacial score (nSPS) is 11.1. The molecule has 3 nitrogen and oxygen atoms in total. The third-order valence-corrected chi connectivity index (χ3v) is 4.49. The van der Waals surface area contributed by atoms with Gasteiger partial charge in [0.25, 0.3) is 0 Å². The van der Waals surface area contributed by atoms with Crippen LogP contribution in [0.3, 0.4) is 0 Å². The number of nitrogens with zero attached hydrogens (tertiary/aromatic N) is 2. The van der Waals surface area contributed by atoms with Crippen molar-refractivity contribution in [1.29, 1.82) is 0 Å². The molecule has 5 heteroatoms. The fraction of sp³-hybridized carbons (Fsp3) is 0.105. The lowest BCUT2D eigenvalue weighted by molar-refractivity contribution is 0.475. The van der Waals surface area contributed by atoms with Crippen LogP contribution >= 0.6 is 28.3 Å². The monoisotopic (exact) mass is 402 g/mol. The molecule has 1 N–H and O–H groups in total. The quantitative estimate of drug-likeness (QED) is 0.596. The van der Waals surface area contributed by atoms with Crippen molar-refractivity contribution in [1.82, 2.24) is 4.57 Å². The number of rotatable bonds is 4. The molecule has 0 radical (unpaired) electrons. The molecule has 0 atom stereocenters. The minimum Gasteiger partial charge on any atom is -0.508 e. The highest BCUT2D eigenvalue weighted by Crippen LogP contribution is 2.26. The fourth-order valence-electron chi connectivity index (χ4n) is 2.54. The lowest BCUT2D eigenvalue weighted by atomic mass is 10.1. The van der Waals surface area contributed by atoms with E-state index in [9.17, 15) is 5.11 Å². The highest BCUT2D eigenvalue weighted by Gasteiger charge is 2.11. The summed E-state index contributed by atoms with van der Waals surface area (Å²) in [6, 6.07) is 17.3. The van der Waals surface area contributed by atoms with E-state index in [0.29, 0.717) is 6.54 Å². The first-order chi connectivity index (χ1) is 11.2. The number of halogens is 1. The van der Waals surface area contributed by atoms with E-state index in [1.807, 2.05) is 30.3 Å². The summed E-state index contributed by atoms with van der Waals surface area (Å²) in [5, 5.41) is 9.62. The van der Waals surface area contributed by atoms with Gasteiger partial charge >= 0.3 is 0 Å². The Hall–Kier alpha value is -2.11. The molecule has 0 aliphatic carbocycles. The van der Waals surface area contributed by atoms with Crippen molar-refractivity contribution in [3.05, 3.63) is 76.9 Å². The van der Waals surface area contributed by atoms with Crippen molar-refractivity contribution < 1.29 is 5.11 Å². The first kappa shape index (κ1) is 18.2. The van der Waals surface area contributed by atoms with E-state index in [1.165, 1.54) is 10.4 Å². The van der Waals surface area contributed by atoms with Crippen LogP contribution in [0, 0.1) is 6.92 Å². The Kier molecular flexibility index (Phi) is 6.17. The Morgan fingerprint density at radius 3 is 2.58 bits per heavy atom. The number of aryl methyl sites for hydroxylation is 1. The predicted octanol–water partition coefficient (Wildman–Crippen LogP) is 5.23. The summed E-state index contributed by atoms with van der Waals surface area (Å²) in [5.41, 5.74) is 3.07. The van der Waals surface area contributed by atoms with Crippen molar-refractivity contribution in [3.63, 3.8) is 0 Å². The molecule has 24 heavy (non-hydrogen) atoms. The van der Waals surface area contributed by atoms with Crippen molar-refractivity contribution in [2.45, 2.75) is 13.5 Å². The summed E-state index contributed by atoms with van der Waals surface area (Å²) >= 11 is 1.64. The molecule has 0 saturated carbocycles. The van der Waals surface area contributed by atoms with Gasteiger partial charge in [-0.05, 0) is 24.6 Å². The number of benzene rings is 2. The molecule has 0 bridgehead atoms. The molecule has 2 aromatic carbocycles. The molecule has 0 spiro atoms. The summed E-state index contributed by atoms with van der Waals surface area (Å²) in [7, 11) is 0. The SMILES string of the molecule is Br.C=CCn1c(-c2ccccc2)c(C)sc1=Nc1cccc(O)c1. The number of hydrogen-bond donors (Lipinski definition) is 1. The van der Waals surface area contributed by atoms with Gasteiger partial charge in [-0.2, -0.15) is 0 Å². The Morgan fingerprint density at radius 1 is 1.17 bits per heavy atom. The van der Waals surface area contributed by atoms with Crippen molar-refractivity contribution in [3.8, 4) is 17.0 Å². The molecular weight excluding hydrogens is 384 g/mol. The Morgan fingerprint density at radius 2 is 1.92 bits per heavy atom. The van der Waals surface area contributed by atoms with Crippen LogP contribution in [0.2, 0.25) is 0 Å². The van der Waals surface area contributed by atoms with Crippen LogP contribution in [0.25, 0.3) is 11.3 Å². The number of aromatic nitrogens is 1. The average Bonchev–Trinajstić information content (AvgIpc) is 2.84. The molecule has 3 aromatic rings. The van der Waals surface area contributed by atoms with Gasteiger partial charge in [-0.3, -0.25) is 0 Å². The Bertz CT molecular complexity index is 897. The first-order valence-electron chi connectivity index (χ1n) is 7.39. The van der Waals surface area contributed by atoms with E-state index in [4.69, 9.17) is 4.99 Å². The smallest absolute Gasteiger partial charge is 0.190 e. The molecule has 1 heterocycles. The summed E-state index contributed by atoms with van der Waals surface area (Å²) in [5.74, 6) is 0.220. The zero-order valence-corrected chi connectivity index (χ0v) is 15.9. The van der Waals surface area contributed by atoms with Crippen LogP contribution in [0.5, 0.6) is 5.75 Å². The highest BCUT2D eigenvalue weighted by atomic mass is 79.9. The summed E-state index contributed by atoms with van der Waals surface area (Å²) < 4.78 is 2.16. The van der Waals surface area contributed by atoms with Gasteiger partial charge in [0.2, 0.25) is 0 Å². The zero-order chi connectivity index (χ0) is 16.2. The molecule has 0 aliphatic rings. The van der Waals surface area contributed by atoms with Crippen molar-refractivity contribution >= 4 is 34.0 Å². The number of allylic oxidation sites excluding steroid dienone is 1. The second-order valence-electron chi connectivity index (χ2n) is 5.19. The zero-order valence-electron chi connectivity index (χ0n) is 13.3. The highest BCUT2D eigenvalue weighted by molar-refractivity contribution is 8.93. The van der Waals surface area contributed by atoms with E-state index < -0.39 is 0 Å². The maximum atomic E-state index is 9.62.